The smallest absolute Gasteiger partial charge is 0.259 e. The van der Waals surface area contributed by atoms with Gasteiger partial charge >= 0.3 is 0 Å². The van der Waals surface area contributed by atoms with E-state index in [-0.39, 0.29) is 18.0 Å². The zero-order chi connectivity index (χ0) is 21.8. The van der Waals surface area contributed by atoms with E-state index >= 15 is 0 Å². The first-order chi connectivity index (χ1) is 15.0. The van der Waals surface area contributed by atoms with E-state index in [0.29, 0.717) is 22.6 Å². The van der Waals surface area contributed by atoms with E-state index in [1.807, 2.05) is 30.3 Å². The average molecular weight is 476 g/mol. The largest absolute Gasteiger partial charge is 0.334 e. The highest BCUT2D eigenvalue weighted by atomic mass is 79.9. The fraction of sp³-hybridized carbons (Fsp3) is 0.0455. The molecule has 9 heteroatoms. The van der Waals surface area contributed by atoms with Gasteiger partial charge in [-0.05, 0) is 48.5 Å². The number of carbonyl (C=O) groups is 1. The van der Waals surface area contributed by atoms with E-state index < -0.39 is 5.91 Å². The number of pyridine rings is 1. The summed E-state index contributed by atoms with van der Waals surface area (Å²) in [4.78, 5) is 29.0. The number of anilines is 1. The van der Waals surface area contributed by atoms with Gasteiger partial charge in [0.2, 0.25) is 11.7 Å². The number of amides is 1. The third-order valence-electron chi connectivity index (χ3n) is 4.35. The molecule has 0 aliphatic carbocycles. The summed E-state index contributed by atoms with van der Waals surface area (Å²) in [5.74, 6) is 0.236. The van der Waals surface area contributed by atoms with Crippen LogP contribution in [0.15, 0.2) is 80.7 Å². The van der Waals surface area contributed by atoms with E-state index in [1.165, 1.54) is 16.8 Å². The summed E-state index contributed by atoms with van der Waals surface area (Å²) in [5, 5.41) is 15.6. The quantitative estimate of drug-likeness (QED) is 0.468. The molecule has 0 saturated heterocycles. The van der Waals surface area contributed by atoms with Crippen LogP contribution < -0.4 is 10.9 Å². The Morgan fingerprint density at radius 3 is 2.68 bits per heavy atom. The maximum Gasteiger partial charge on any atom is 0.259 e. The molecule has 0 unspecified atom stereocenters. The Bertz CT molecular complexity index is 1350. The predicted molar refractivity (Wildman–Crippen MR) is 117 cm³/mol. The molecular formula is C22H14BrN5O3. The molecule has 152 valence electrons. The van der Waals surface area contributed by atoms with Gasteiger partial charge in [-0.3, -0.25) is 9.59 Å². The highest BCUT2D eigenvalue weighted by Gasteiger charge is 2.13. The molecule has 0 aliphatic rings. The maximum absolute atomic E-state index is 12.4. The molecule has 4 rings (SSSR count). The first-order valence-corrected chi connectivity index (χ1v) is 9.92. The van der Waals surface area contributed by atoms with Crippen molar-refractivity contribution in [3.05, 3.63) is 87.3 Å². The second-order valence-corrected chi connectivity index (χ2v) is 7.47. The lowest BCUT2D eigenvalue weighted by atomic mass is 10.2. The summed E-state index contributed by atoms with van der Waals surface area (Å²) < 4.78 is 7.52. The van der Waals surface area contributed by atoms with Crippen molar-refractivity contribution < 1.29 is 9.32 Å². The molecule has 4 aromatic rings. The number of benzene rings is 2. The first-order valence-electron chi connectivity index (χ1n) is 9.12. The van der Waals surface area contributed by atoms with Crippen molar-refractivity contribution in [3.63, 3.8) is 0 Å². The van der Waals surface area contributed by atoms with Gasteiger partial charge in [-0.2, -0.15) is 10.2 Å². The van der Waals surface area contributed by atoms with Crippen molar-refractivity contribution in [2.45, 2.75) is 6.54 Å². The van der Waals surface area contributed by atoms with Crippen LogP contribution >= 0.6 is 15.9 Å². The monoisotopic (exact) mass is 475 g/mol. The lowest BCUT2D eigenvalue weighted by molar-refractivity contribution is -0.116. The minimum atomic E-state index is -0.407. The fourth-order valence-corrected chi connectivity index (χ4v) is 3.12. The van der Waals surface area contributed by atoms with Crippen LogP contribution in [0.3, 0.4) is 0 Å². The van der Waals surface area contributed by atoms with E-state index in [4.69, 9.17) is 9.78 Å². The van der Waals surface area contributed by atoms with Gasteiger partial charge in [0.05, 0.1) is 17.2 Å². The Hall–Kier alpha value is -4.03. The molecule has 2 aromatic heterocycles. The van der Waals surface area contributed by atoms with Crippen LogP contribution in [0.1, 0.15) is 5.56 Å². The number of aromatic nitrogens is 3. The van der Waals surface area contributed by atoms with Crippen molar-refractivity contribution in [2.75, 3.05) is 5.32 Å². The third-order valence-corrected chi connectivity index (χ3v) is 4.88. The number of nitrogens with one attached hydrogen (secondary N) is 1. The Kier molecular flexibility index (Phi) is 5.73. The van der Waals surface area contributed by atoms with Crippen molar-refractivity contribution >= 4 is 27.5 Å². The van der Waals surface area contributed by atoms with Gasteiger partial charge in [-0.25, -0.2) is 0 Å². The van der Waals surface area contributed by atoms with Crippen LogP contribution in [-0.4, -0.2) is 20.6 Å². The minimum absolute atomic E-state index is 0.211. The van der Waals surface area contributed by atoms with Gasteiger partial charge in [0.15, 0.2) is 0 Å². The summed E-state index contributed by atoms with van der Waals surface area (Å²) in [6.07, 6.45) is 1.49. The molecule has 1 N–H and O–H groups in total. The number of rotatable bonds is 5. The molecule has 1 amide bonds. The minimum Gasteiger partial charge on any atom is -0.334 e. The normalized spacial score (nSPS) is 10.5. The number of nitrogens with zero attached hydrogens (tertiary/aromatic N) is 4. The van der Waals surface area contributed by atoms with Gasteiger partial charge < -0.3 is 14.4 Å². The first kappa shape index (κ1) is 20.3. The lowest BCUT2D eigenvalue weighted by Crippen LogP contribution is -2.26. The Balaban J connectivity index is 1.53. The van der Waals surface area contributed by atoms with E-state index in [0.717, 1.165) is 10.0 Å². The summed E-state index contributed by atoms with van der Waals surface area (Å²) in [5.41, 5.74) is 1.84. The van der Waals surface area contributed by atoms with Crippen LogP contribution in [-0.2, 0) is 11.3 Å². The van der Waals surface area contributed by atoms with Crippen LogP contribution in [0.25, 0.3) is 22.8 Å². The van der Waals surface area contributed by atoms with Crippen molar-refractivity contribution in [3.8, 4) is 28.9 Å². The topological polar surface area (TPSA) is 114 Å². The zero-order valence-corrected chi connectivity index (χ0v) is 17.5. The molecule has 2 heterocycles. The molecule has 0 spiro atoms. The molecule has 0 atom stereocenters. The van der Waals surface area contributed by atoms with Crippen LogP contribution in [0, 0.1) is 11.3 Å². The highest BCUT2D eigenvalue weighted by molar-refractivity contribution is 9.10. The van der Waals surface area contributed by atoms with Gasteiger partial charge in [0.1, 0.15) is 6.54 Å². The number of carbonyl (C=O) groups excluding carboxylic acids is 1. The van der Waals surface area contributed by atoms with Crippen molar-refractivity contribution in [2.24, 2.45) is 0 Å². The number of nitriles is 1. The third kappa shape index (κ3) is 4.76. The molecular weight excluding hydrogens is 462 g/mol. The molecule has 0 fully saturated rings. The highest BCUT2D eigenvalue weighted by Crippen LogP contribution is 2.23. The predicted octanol–water partition coefficient (Wildman–Crippen LogP) is 3.84. The van der Waals surface area contributed by atoms with Gasteiger partial charge in [-0.1, -0.05) is 27.2 Å². The van der Waals surface area contributed by atoms with Crippen molar-refractivity contribution in [1.82, 2.24) is 14.7 Å². The molecule has 0 radical (unpaired) electrons. The van der Waals surface area contributed by atoms with Gasteiger partial charge in [0, 0.05) is 28.0 Å². The van der Waals surface area contributed by atoms with E-state index in [1.54, 1.807) is 30.3 Å². The molecule has 8 nitrogen and oxygen atoms in total. The summed E-state index contributed by atoms with van der Waals surface area (Å²) >= 11 is 3.38. The number of hydrogen-bond donors (Lipinski definition) is 1. The molecule has 31 heavy (non-hydrogen) atoms. The summed E-state index contributed by atoms with van der Waals surface area (Å²) in [7, 11) is 0. The lowest BCUT2D eigenvalue weighted by Gasteiger charge is -2.08. The summed E-state index contributed by atoms with van der Waals surface area (Å²) in [6, 6.07) is 18.9. The number of halogens is 1. The maximum atomic E-state index is 12.4. The van der Waals surface area contributed by atoms with Gasteiger partial charge in [-0.15, -0.1) is 0 Å². The van der Waals surface area contributed by atoms with Crippen molar-refractivity contribution in [1.29, 1.82) is 5.26 Å². The molecule has 0 aliphatic heterocycles. The molecule has 2 aromatic carbocycles. The second kappa shape index (κ2) is 8.77. The van der Waals surface area contributed by atoms with E-state index in [9.17, 15) is 9.59 Å². The van der Waals surface area contributed by atoms with E-state index in [2.05, 4.69) is 31.4 Å². The Labute approximate surface area is 184 Å². The van der Waals surface area contributed by atoms with Crippen LogP contribution in [0.4, 0.5) is 5.69 Å². The molecule has 0 bridgehead atoms. The number of hydrogen-bond acceptors (Lipinski definition) is 6. The fourth-order valence-electron chi connectivity index (χ4n) is 2.86. The second-order valence-electron chi connectivity index (χ2n) is 6.55. The van der Waals surface area contributed by atoms with Crippen LogP contribution in [0.5, 0.6) is 0 Å². The van der Waals surface area contributed by atoms with Gasteiger partial charge in [0.25, 0.3) is 11.4 Å². The SMILES string of the molecule is N#Cc1cccc(NC(=O)Cn2cc(-c3nc(-c4ccc(Br)cc4)no3)ccc2=O)c1. The average Bonchev–Trinajstić information content (AvgIpc) is 3.26. The molecule has 0 saturated carbocycles. The Morgan fingerprint density at radius 2 is 1.90 bits per heavy atom. The standard InChI is InChI=1S/C22H14BrN5O3/c23-17-7-4-15(5-8-17)21-26-22(31-27-21)16-6-9-20(30)28(12-16)13-19(29)25-18-3-1-2-14(10-18)11-24/h1-10,12H,13H2,(H,25,29). The summed E-state index contributed by atoms with van der Waals surface area (Å²) in [6.45, 7) is -0.211. The van der Waals surface area contributed by atoms with Crippen LogP contribution in [0.2, 0.25) is 0 Å². The zero-order valence-electron chi connectivity index (χ0n) is 15.9. The Morgan fingerprint density at radius 1 is 1.13 bits per heavy atom.